The molecule has 1 aliphatic heterocycles. The lowest BCUT2D eigenvalue weighted by Gasteiger charge is -2.25. The number of nitrogens with one attached hydrogen (secondary N) is 1. The monoisotopic (exact) mass is 275 g/mol. The van der Waals surface area contributed by atoms with E-state index in [1.165, 1.54) is 0 Å². The van der Waals surface area contributed by atoms with E-state index in [1.54, 1.807) is 11.8 Å². The summed E-state index contributed by atoms with van der Waals surface area (Å²) in [5, 5.41) is 3.64. The van der Waals surface area contributed by atoms with Crippen LogP contribution in [-0.4, -0.2) is 5.91 Å². The Hall–Kier alpha value is -1.45. The molecule has 0 aromatic heterocycles. The Kier molecular flexibility index (Phi) is 3.02. The number of benzene rings is 2. The second-order valence-electron chi connectivity index (χ2n) is 4.02. The highest BCUT2D eigenvalue weighted by molar-refractivity contribution is 7.99. The van der Waals surface area contributed by atoms with Gasteiger partial charge in [0, 0.05) is 9.92 Å². The summed E-state index contributed by atoms with van der Waals surface area (Å²) < 4.78 is 0. The van der Waals surface area contributed by atoms with Crippen LogP contribution in [0.2, 0.25) is 5.02 Å². The zero-order valence-electron chi connectivity index (χ0n) is 9.39. The summed E-state index contributed by atoms with van der Waals surface area (Å²) in [6.45, 7) is 0. The van der Waals surface area contributed by atoms with Gasteiger partial charge in [-0.15, -0.1) is 0 Å². The number of rotatable bonds is 1. The average molecular weight is 276 g/mol. The molecule has 1 atom stereocenters. The van der Waals surface area contributed by atoms with Crippen LogP contribution in [-0.2, 0) is 0 Å². The van der Waals surface area contributed by atoms with E-state index in [-0.39, 0.29) is 11.3 Å². The van der Waals surface area contributed by atoms with Gasteiger partial charge in [-0.2, -0.15) is 0 Å². The number of carbonyl (C=O) groups excluding carboxylic acids is 1. The molecule has 90 valence electrons. The van der Waals surface area contributed by atoms with Gasteiger partial charge in [-0.1, -0.05) is 47.6 Å². The van der Waals surface area contributed by atoms with Gasteiger partial charge in [0.25, 0.3) is 5.91 Å². The van der Waals surface area contributed by atoms with Crippen LogP contribution in [0.15, 0.2) is 53.4 Å². The molecule has 1 unspecified atom stereocenters. The van der Waals surface area contributed by atoms with Gasteiger partial charge in [-0.05, 0) is 29.8 Å². The third kappa shape index (κ3) is 2.11. The summed E-state index contributed by atoms with van der Waals surface area (Å²) in [6.07, 6.45) is 0. The summed E-state index contributed by atoms with van der Waals surface area (Å²) >= 11 is 7.51. The second-order valence-corrected chi connectivity index (χ2v) is 5.60. The molecule has 2 aromatic carbocycles. The van der Waals surface area contributed by atoms with Crippen LogP contribution < -0.4 is 5.32 Å². The minimum Gasteiger partial charge on any atom is -0.336 e. The molecular formula is C14H10ClNOS. The fourth-order valence-electron chi connectivity index (χ4n) is 1.90. The molecule has 1 N–H and O–H groups in total. The summed E-state index contributed by atoms with van der Waals surface area (Å²) in [7, 11) is 0. The van der Waals surface area contributed by atoms with Crippen molar-refractivity contribution in [3.05, 3.63) is 64.7 Å². The number of hydrogen-bond donors (Lipinski definition) is 1. The molecule has 1 heterocycles. The number of carbonyl (C=O) groups is 1. The van der Waals surface area contributed by atoms with Gasteiger partial charge in [0.2, 0.25) is 0 Å². The molecule has 0 saturated carbocycles. The Balaban J connectivity index is 1.94. The van der Waals surface area contributed by atoms with Crippen LogP contribution in [0.3, 0.4) is 0 Å². The highest BCUT2D eigenvalue weighted by Gasteiger charge is 2.25. The van der Waals surface area contributed by atoms with Crippen LogP contribution in [0.25, 0.3) is 0 Å². The lowest BCUT2D eigenvalue weighted by Crippen LogP contribution is -2.30. The maximum Gasteiger partial charge on any atom is 0.253 e. The predicted octanol–water partition coefficient (Wildman–Crippen LogP) is 3.87. The van der Waals surface area contributed by atoms with Crippen molar-refractivity contribution in [1.82, 2.24) is 5.32 Å². The minimum absolute atomic E-state index is 0.0238. The first-order valence-corrected chi connectivity index (χ1v) is 6.82. The number of halogens is 1. The van der Waals surface area contributed by atoms with E-state index in [4.69, 9.17) is 11.6 Å². The van der Waals surface area contributed by atoms with Crippen molar-refractivity contribution in [3.8, 4) is 0 Å². The molecule has 0 aliphatic carbocycles. The topological polar surface area (TPSA) is 29.1 Å². The van der Waals surface area contributed by atoms with Crippen LogP contribution >= 0.6 is 23.4 Å². The van der Waals surface area contributed by atoms with Crippen molar-refractivity contribution < 1.29 is 4.79 Å². The van der Waals surface area contributed by atoms with Crippen LogP contribution in [0.5, 0.6) is 0 Å². The van der Waals surface area contributed by atoms with Gasteiger partial charge in [0.05, 0.1) is 5.56 Å². The van der Waals surface area contributed by atoms with Crippen molar-refractivity contribution in [2.45, 2.75) is 10.3 Å². The van der Waals surface area contributed by atoms with E-state index in [0.717, 1.165) is 16.0 Å². The molecule has 4 heteroatoms. The fourth-order valence-corrected chi connectivity index (χ4v) is 3.18. The Labute approximate surface area is 114 Å². The third-order valence-electron chi connectivity index (χ3n) is 2.81. The first kappa shape index (κ1) is 11.6. The van der Waals surface area contributed by atoms with E-state index in [2.05, 4.69) is 5.32 Å². The number of fused-ring (bicyclic) bond motifs is 1. The largest absolute Gasteiger partial charge is 0.336 e. The van der Waals surface area contributed by atoms with Crippen LogP contribution in [0.4, 0.5) is 0 Å². The van der Waals surface area contributed by atoms with Crippen molar-refractivity contribution in [2.75, 3.05) is 0 Å². The maximum atomic E-state index is 12.0. The quantitative estimate of drug-likeness (QED) is 0.856. The summed E-state index contributed by atoms with van der Waals surface area (Å²) in [6, 6.07) is 15.2. The summed E-state index contributed by atoms with van der Waals surface area (Å²) in [5.41, 5.74) is 1.79. The van der Waals surface area contributed by atoms with E-state index in [1.807, 2.05) is 48.5 Å². The molecule has 3 rings (SSSR count). The van der Waals surface area contributed by atoms with E-state index in [9.17, 15) is 4.79 Å². The Morgan fingerprint density at radius 2 is 1.78 bits per heavy atom. The molecule has 0 fully saturated rings. The Morgan fingerprint density at radius 1 is 1.06 bits per heavy atom. The smallest absolute Gasteiger partial charge is 0.253 e. The molecule has 0 bridgehead atoms. The van der Waals surface area contributed by atoms with Gasteiger partial charge < -0.3 is 5.32 Å². The first-order valence-electron chi connectivity index (χ1n) is 5.56. The minimum atomic E-state index is -0.0512. The molecule has 1 amide bonds. The molecule has 0 radical (unpaired) electrons. The van der Waals surface area contributed by atoms with Crippen LogP contribution in [0.1, 0.15) is 21.3 Å². The number of hydrogen-bond acceptors (Lipinski definition) is 2. The highest BCUT2D eigenvalue weighted by atomic mass is 35.5. The molecule has 18 heavy (non-hydrogen) atoms. The van der Waals surface area contributed by atoms with Gasteiger partial charge >= 0.3 is 0 Å². The molecule has 2 aromatic rings. The van der Waals surface area contributed by atoms with Crippen molar-refractivity contribution in [2.24, 2.45) is 0 Å². The maximum absolute atomic E-state index is 12.0. The Morgan fingerprint density at radius 3 is 2.56 bits per heavy atom. The van der Waals surface area contributed by atoms with Crippen molar-refractivity contribution in [3.63, 3.8) is 0 Å². The average Bonchev–Trinajstić information content (AvgIpc) is 2.39. The molecule has 0 saturated heterocycles. The normalized spacial score (nSPS) is 18.1. The van der Waals surface area contributed by atoms with E-state index >= 15 is 0 Å². The first-order chi connectivity index (χ1) is 8.74. The molecule has 2 nitrogen and oxygen atoms in total. The predicted molar refractivity (Wildman–Crippen MR) is 74.0 cm³/mol. The lowest BCUT2D eigenvalue weighted by atomic mass is 10.2. The Bertz CT molecular complexity index is 597. The molecule has 0 spiro atoms. The zero-order chi connectivity index (χ0) is 12.5. The number of thioether (sulfide) groups is 1. The van der Waals surface area contributed by atoms with Crippen molar-refractivity contribution in [1.29, 1.82) is 0 Å². The van der Waals surface area contributed by atoms with Crippen molar-refractivity contribution >= 4 is 29.3 Å². The highest BCUT2D eigenvalue weighted by Crippen LogP contribution is 2.38. The van der Waals surface area contributed by atoms with Crippen LogP contribution in [0, 0.1) is 0 Å². The number of amides is 1. The summed E-state index contributed by atoms with van der Waals surface area (Å²) in [4.78, 5) is 13.0. The SMILES string of the molecule is O=C1NC(c2ccc(Cl)cc2)Sc2ccccc21. The third-order valence-corrected chi connectivity index (χ3v) is 4.30. The van der Waals surface area contributed by atoms with Gasteiger partial charge in [-0.3, -0.25) is 4.79 Å². The van der Waals surface area contributed by atoms with Gasteiger partial charge in [-0.25, -0.2) is 0 Å². The standard InChI is InChI=1S/C14H10ClNOS/c15-10-7-5-9(6-8-10)14-16-13(17)11-3-1-2-4-12(11)18-14/h1-8,14H,(H,16,17). The zero-order valence-corrected chi connectivity index (χ0v) is 11.0. The second kappa shape index (κ2) is 4.67. The molecular weight excluding hydrogens is 266 g/mol. The van der Waals surface area contributed by atoms with E-state index < -0.39 is 0 Å². The van der Waals surface area contributed by atoms with Gasteiger partial charge in [0.1, 0.15) is 5.37 Å². The fraction of sp³-hybridized carbons (Fsp3) is 0.0714. The van der Waals surface area contributed by atoms with Gasteiger partial charge in [0.15, 0.2) is 0 Å². The summed E-state index contributed by atoms with van der Waals surface area (Å²) in [5.74, 6) is -0.0238. The van der Waals surface area contributed by atoms with E-state index in [0.29, 0.717) is 5.02 Å². The lowest BCUT2D eigenvalue weighted by molar-refractivity contribution is 0.0943. The molecule has 1 aliphatic rings.